The molecule has 0 aliphatic rings. The molecule has 0 atom stereocenters. The molecule has 86 valence electrons. The largest absolute Gasteiger partial charge is 0.374 e. The lowest BCUT2D eigenvalue weighted by molar-refractivity contribution is 0.330. The maximum absolute atomic E-state index is 5.53. The molecule has 2 N–H and O–H groups in total. The summed E-state index contributed by atoms with van der Waals surface area (Å²) in [6.45, 7) is 1.85. The van der Waals surface area contributed by atoms with E-state index in [4.69, 9.17) is 5.73 Å². The third-order valence-corrected chi connectivity index (χ3v) is 3.88. The summed E-state index contributed by atoms with van der Waals surface area (Å²) in [7, 11) is 2.09. The fourth-order valence-electron chi connectivity index (χ4n) is 1.40. The van der Waals surface area contributed by atoms with Crippen LogP contribution in [-0.4, -0.2) is 28.7 Å². The van der Waals surface area contributed by atoms with Gasteiger partial charge >= 0.3 is 0 Å². The number of hydrogen-bond acceptors (Lipinski definition) is 6. The van der Waals surface area contributed by atoms with Gasteiger partial charge in [0.15, 0.2) is 0 Å². The molecule has 2 heterocycles. The maximum atomic E-state index is 5.53. The highest BCUT2D eigenvalue weighted by atomic mass is 32.1. The Labute approximate surface area is 103 Å². The summed E-state index contributed by atoms with van der Waals surface area (Å²) in [6.07, 6.45) is 1.09. The van der Waals surface area contributed by atoms with Crippen molar-refractivity contribution in [1.82, 2.24) is 15.1 Å². The Morgan fingerprint density at radius 3 is 2.94 bits per heavy atom. The number of nitrogen functional groups attached to an aromatic ring is 1. The number of aromatic nitrogens is 2. The molecule has 0 bridgehead atoms. The van der Waals surface area contributed by atoms with Crippen LogP contribution in [0.5, 0.6) is 0 Å². The van der Waals surface area contributed by atoms with E-state index >= 15 is 0 Å². The lowest BCUT2D eigenvalue weighted by atomic mass is 10.3. The van der Waals surface area contributed by atoms with Crippen LogP contribution >= 0.6 is 22.7 Å². The smallest absolute Gasteiger partial charge is 0.203 e. The number of nitrogens with two attached hydrogens (primary N) is 1. The zero-order chi connectivity index (χ0) is 11.4. The van der Waals surface area contributed by atoms with E-state index in [0.717, 1.165) is 24.5 Å². The minimum Gasteiger partial charge on any atom is -0.374 e. The van der Waals surface area contributed by atoms with E-state index in [1.807, 2.05) is 0 Å². The molecular weight excluding hydrogens is 240 g/mol. The second-order valence-electron chi connectivity index (χ2n) is 3.60. The molecule has 0 aliphatic carbocycles. The van der Waals surface area contributed by atoms with Crippen molar-refractivity contribution in [3.05, 3.63) is 27.4 Å². The van der Waals surface area contributed by atoms with Gasteiger partial charge in [-0.15, -0.1) is 21.5 Å². The van der Waals surface area contributed by atoms with Crippen molar-refractivity contribution in [2.45, 2.75) is 13.0 Å². The van der Waals surface area contributed by atoms with E-state index in [2.05, 4.69) is 39.7 Å². The number of rotatable bonds is 5. The summed E-state index contributed by atoms with van der Waals surface area (Å²) in [5, 5.41) is 11.4. The minimum atomic E-state index is 0.543. The van der Waals surface area contributed by atoms with E-state index in [0.29, 0.717) is 5.13 Å². The average molecular weight is 254 g/mol. The number of hydrogen-bond donors (Lipinski definition) is 1. The highest BCUT2D eigenvalue weighted by Crippen LogP contribution is 2.14. The standard InChI is InChI=1S/C10H14N4S2/c1-14(5-4-8-3-2-6-15-8)7-9-12-13-10(11)16-9/h2-3,6H,4-5,7H2,1H3,(H2,11,13). The van der Waals surface area contributed by atoms with Gasteiger partial charge in [-0.3, -0.25) is 4.90 Å². The van der Waals surface area contributed by atoms with Gasteiger partial charge in [0.25, 0.3) is 0 Å². The molecule has 2 aromatic heterocycles. The Morgan fingerprint density at radius 2 is 2.31 bits per heavy atom. The molecule has 0 saturated carbocycles. The molecule has 0 spiro atoms. The van der Waals surface area contributed by atoms with Gasteiger partial charge in [-0.1, -0.05) is 17.4 Å². The van der Waals surface area contributed by atoms with Crippen molar-refractivity contribution in [3.63, 3.8) is 0 Å². The number of nitrogens with zero attached hydrogens (tertiary/aromatic N) is 3. The number of likely N-dealkylation sites (N-methyl/N-ethyl adjacent to an activating group) is 1. The highest BCUT2D eigenvalue weighted by Gasteiger charge is 2.05. The summed E-state index contributed by atoms with van der Waals surface area (Å²) < 4.78 is 0. The lowest BCUT2D eigenvalue weighted by Gasteiger charge is -2.13. The zero-order valence-electron chi connectivity index (χ0n) is 9.09. The van der Waals surface area contributed by atoms with Crippen molar-refractivity contribution in [2.75, 3.05) is 19.3 Å². The van der Waals surface area contributed by atoms with Crippen molar-refractivity contribution in [1.29, 1.82) is 0 Å². The monoisotopic (exact) mass is 254 g/mol. The maximum Gasteiger partial charge on any atom is 0.203 e. The average Bonchev–Trinajstić information content (AvgIpc) is 2.87. The van der Waals surface area contributed by atoms with Crippen molar-refractivity contribution in [3.8, 4) is 0 Å². The Bertz CT molecular complexity index is 424. The van der Waals surface area contributed by atoms with Gasteiger partial charge in [-0.25, -0.2) is 0 Å². The van der Waals surface area contributed by atoms with Gasteiger partial charge in [0, 0.05) is 11.4 Å². The molecule has 0 unspecified atom stereocenters. The highest BCUT2D eigenvalue weighted by molar-refractivity contribution is 7.15. The summed E-state index contributed by atoms with van der Waals surface area (Å²) in [5.74, 6) is 0. The molecule has 4 nitrogen and oxygen atoms in total. The summed E-state index contributed by atoms with van der Waals surface area (Å²) in [5.41, 5.74) is 5.53. The SMILES string of the molecule is CN(CCc1cccs1)Cc1nnc(N)s1. The normalized spacial score (nSPS) is 11.1. The second kappa shape index (κ2) is 5.38. The molecule has 0 amide bonds. The Kier molecular flexibility index (Phi) is 3.87. The summed E-state index contributed by atoms with van der Waals surface area (Å²) in [6, 6.07) is 4.26. The Morgan fingerprint density at radius 1 is 1.44 bits per heavy atom. The van der Waals surface area contributed by atoms with Gasteiger partial charge in [0.2, 0.25) is 5.13 Å². The van der Waals surface area contributed by atoms with Crippen molar-refractivity contribution in [2.24, 2.45) is 0 Å². The molecule has 6 heteroatoms. The van der Waals surface area contributed by atoms with Crippen LogP contribution in [0, 0.1) is 0 Å². The molecule has 0 radical (unpaired) electrons. The first-order chi connectivity index (χ1) is 7.74. The fourth-order valence-corrected chi connectivity index (χ4v) is 2.78. The summed E-state index contributed by atoms with van der Waals surface area (Å²) in [4.78, 5) is 3.66. The molecule has 2 rings (SSSR count). The van der Waals surface area contributed by atoms with E-state index in [1.165, 1.54) is 16.2 Å². The van der Waals surface area contributed by atoms with Gasteiger partial charge < -0.3 is 5.73 Å². The van der Waals surface area contributed by atoms with Crippen LogP contribution in [0.15, 0.2) is 17.5 Å². The first kappa shape index (κ1) is 11.5. The number of thiophene rings is 1. The van der Waals surface area contributed by atoms with E-state index in [1.54, 1.807) is 11.3 Å². The van der Waals surface area contributed by atoms with Crippen LogP contribution in [0.2, 0.25) is 0 Å². The van der Waals surface area contributed by atoms with Crippen LogP contribution in [0.1, 0.15) is 9.88 Å². The second-order valence-corrected chi connectivity index (χ2v) is 5.73. The molecule has 0 saturated heterocycles. The molecular formula is C10H14N4S2. The zero-order valence-corrected chi connectivity index (χ0v) is 10.7. The van der Waals surface area contributed by atoms with Crippen LogP contribution in [-0.2, 0) is 13.0 Å². The Balaban J connectivity index is 1.78. The van der Waals surface area contributed by atoms with Gasteiger partial charge in [0.05, 0.1) is 6.54 Å². The third-order valence-electron chi connectivity index (χ3n) is 2.21. The van der Waals surface area contributed by atoms with Gasteiger partial charge in [-0.05, 0) is 24.9 Å². The predicted octanol–water partition coefficient (Wildman–Crippen LogP) is 1.86. The fraction of sp³-hybridized carbons (Fsp3) is 0.400. The van der Waals surface area contributed by atoms with Crippen LogP contribution in [0.25, 0.3) is 0 Å². The third kappa shape index (κ3) is 3.26. The van der Waals surface area contributed by atoms with Gasteiger partial charge in [0.1, 0.15) is 5.01 Å². The van der Waals surface area contributed by atoms with E-state index in [9.17, 15) is 0 Å². The molecule has 0 fully saturated rings. The Hall–Kier alpha value is -0.980. The van der Waals surface area contributed by atoms with E-state index < -0.39 is 0 Å². The van der Waals surface area contributed by atoms with Crippen LogP contribution in [0.3, 0.4) is 0 Å². The molecule has 0 aliphatic heterocycles. The van der Waals surface area contributed by atoms with E-state index in [-0.39, 0.29) is 0 Å². The molecule has 16 heavy (non-hydrogen) atoms. The minimum absolute atomic E-state index is 0.543. The predicted molar refractivity (Wildman–Crippen MR) is 68.7 cm³/mol. The lowest BCUT2D eigenvalue weighted by Crippen LogP contribution is -2.20. The van der Waals surface area contributed by atoms with Crippen molar-refractivity contribution >= 4 is 27.8 Å². The first-order valence-electron chi connectivity index (χ1n) is 5.03. The van der Waals surface area contributed by atoms with Crippen LogP contribution < -0.4 is 5.73 Å². The summed E-state index contributed by atoms with van der Waals surface area (Å²) >= 11 is 3.26. The number of anilines is 1. The van der Waals surface area contributed by atoms with Gasteiger partial charge in [-0.2, -0.15) is 0 Å². The molecule has 0 aromatic carbocycles. The van der Waals surface area contributed by atoms with Crippen molar-refractivity contribution < 1.29 is 0 Å². The topological polar surface area (TPSA) is 55.0 Å². The molecule has 2 aromatic rings. The quantitative estimate of drug-likeness (QED) is 0.885. The first-order valence-corrected chi connectivity index (χ1v) is 6.72. The van der Waals surface area contributed by atoms with Crippen LogP contribution in [0.4, 0.5) is 5.13 Å².